The topological polar surface area (TPSA) is 89.9 Å². The molecule has 3 N–H and O–H groups in total. The molecule has 2 rings (SSSR count). The van der Waals surface area contributed by atoms with Gasteiger partial charge in [0.15, 0.2) is 0 Å². The van der Waals surface area contributed by atoms with Crippen LogP contribution in [0.1, 0.15) is 18.0 Å². The summed E-state index contributed by atoms with van der Waals surface area (Å²) in [5.41, 5.74) is -0.0370. The van der Waals surface area contributed by atoms with Gasteiger partial charge < -0.3 is 15.5 Å². The van der Waals surface area contributed by atoms with E-state index in [1.54, 1.807) is 0 Å². The number of hydrogen-bond donors (Lipinski definition) is 3. The number of nitrogens with zero attached hydrogens (tertiary/aromatic N) is 1. The van der Waals surface area contributed by atoms with Crippen LogP contribution in [0.5, 0.6) is 0 Å². The van der Waals surface area contributed by atoms with Gasteiger partial charge in [0.25, 0.3) is 0 Å². The number of hydrogen-bond acceptors (Lipinski definition) is 3. The molecule has 1 saturated heterocycles. The molecule has 9 heteroatoms. The first-order chi connectivity index (χ1) is 10.8. The van der Waals surface area contributed by atoms with Crippen molar-refractivity contribution in [2.75, 3.05) is 13.2 Å². The van der Waals surface area contributed by atoms with Crippen molar-refractivity contribution in [1.82, 2.24) is 10.2 Å². The molecule has 1 heterocycles. The molecule has 1 aliphatic rings. The zero-order valence-electron chi connectivity index (χ0n) is 11.9. The Hall–Kier alpha value is -1.93. The van der Waals surface area contributed by atoms with Crippen molar-refractivity contribution < 1.29 is 28.6 Å². The van der Waals surface area contributed by atoms with E-state index in [1.165, 1.54) is 18.2 Å². The smallest absolute Gasteiger partial charge is 0.408 e. The number of rotatable bonds is 4. The Morgan fingerprint density at radius 1 is 1.48 bits per heavy atom. The molecular formula is C14H15ClF2N2O4. The van der Waals surface area contributed by atoms with Crippen LogP contribution in [-0.4, -0.2) is 52.5 Å². The minimum absolute atomic E-state index is 0.0370. The van der Waals surface area contributed by atoms with Gasteiger partial charge >= 0.3 is 6.09 Å². The summed E-state index contributed by atoms with van der Waals surface area (Å²) in [4.78, 5) is 23.9. The quantitative estimate of drug-likeness (QED) is 0.773. The molecule has 0 saturated carbocycles. The molecule has 1 aromatic carbocycles. The van der Waals surface area contributed by atoms with E-state index in [9.17, 15) is 23.5 Å². The summed E-state index contributed by atoms with van der Waals surface area (Å²) in [5, 5.41) is 20.5. The van der Waals surface area contributed by atoms with Crippen LogP contribution in [0.2, 0.25) is 5.02 Å². The fraction of sp³-hybridized carbons (Fsp3) is 0.429. The van der Waals surface area contributed by atoms with E-state index in [4.69, 9.17) is 16.7 Å². The molecule has 1 aromatic rings. The molecular weight excluding hydrogens is 334 g/mol. The highest BCUT2D eigenvalue weighted by Gasteiger charge is 2.40. The molecule has 3 atom stereocenters. The van der Waals surface area contributed by atoms with Crippen LogP contribution in [0, 0.1) is 5.82 Å². The third-order valence-corrected chi connectivity index (χ3v) is 3.95. The molecule has 0 bridgehead atoms. The lowest BCUT2D eigenvalue weighted by atomic mass is 10.1. The Morgan fingerprint density at radius 3 is 2.78 bits per heavy atom. The number of halogens is 3. The molecule has 2 amide bonds. The summed E-state index contributed by atoms with van der Waals surface area (Å²) >= 11 is 5.66. The fourth-order valence-electron chi connectivity index (χ4n) is 2.52. The van der Waals surface area contributed by atoms with E-state index in [-0.39, 0.29) is 17.0 Å². The Kier molecular flexibility index (Phi) is 5.38. The Morgan fingerprint density at radius 2 is 2.17 bits per heavy atom. The number of alkyl halides is 1. The maximum absolute atomic E-state index is 14.0. The lowest BCUT2D eigenvalue weighted by molar-refractivity contribution is -0.126. The number of nitrogens with one attached hydrogen (secondary N) is 1. The minimum Gasteiger partial charge on any atom is -0.465 e. The number of carbonyl (C=O) groups is 2. The zero-order chi connectivity index (χ0) is 17.1. The average Bonchev–Trinajstić information content (AvgIpc) is 2.90. The van der Waals surface area contributed by atoms with Gasteiger partial charge in [-0.2, -0.15) is 0 Å². The van der Waals surface area contributed by atoms with Gasteiger partial charge in [-0.05, 0) is 6.07 Å². The third kappa shape index (κ3) is 3.70. The van der Waals surface area contributed by atoms with Gasteiger partial charge in [-0.25, -0.2) is 13.6 Å². The number of carbonyl (C=O) groups excluding carboxylic acids is 1. The van der Waals surface area contributed by atoms with Crippen LogP contribution in [0.15, 0.2) is 18.2 Å². The Labute approximate surface area is 135 Å². The lowest BCUT2D eigenvalue weighted by Crippen LogP contribution is -2.47. The zero-order valence-corrected chi connectivity index (χ0v) is 12.6. The highest BCUT2D eigenvalue weighted by Crippen LogP contribution is 2.25. The van der Waals surface area contributed by atoms with Gasteiger partial charge in [-0.15, -0.1) is 0 Å². The van der Waals surface area contributed by atoms with Gasteiger partial charge in [0, 0.05) is 12.0 Å². The molecule has 1 fully saturated rings. The van der Waals surface area contributed by atoms with Crippen molar-refractivity contribution in [2.24, 2.45) is 0 Å². The van der Waals surface area contributed by atoms with Crippen molar-refractivity contribution in [3.63, 3.8) is 0 Å². The first-order valence-electron chi connectivity index (χ1n) is 6.84. The number of likely N-dealkylation sites (tertiary alicyclic amines) is 1. The first kappa shape index (κ1) is 17.4. The summed E-state index contributed by atoms with van der Waals surface area (Å²) in [6, 6.07) is 1.76. The van der Waals surface area contributed by atoms with E-state index >= 15 is 0 Å². The molecule has 1 aliphatic heterocycles. The minimum atomic E-state index is -1.45. The Balaban J connectivity index is 2.17. The highest BCUT2D eigenvalue weighted by atomic mass is 35.5. The van der Waals surface area contributed by atoms with Crippen LogP contribution < -0.4 is 5.32 Å². The van der Waals surface area contributed by atoms with E-state index in [0.717, 1.165) is 0 Å². The predicted molar refractivity (Wildman–Crippen MR) is 77.4 cm³/mol. The summed E-state index contributed by atoms with van der Waals surface area (Å²) < 4.78 is 27.4. The van der Waals surface area contributed by atoms with Gasteiger partial charge in [0.1, 0.15) is 18.0 Å². The van der Waals surface area contributed by atoms with Crippen molar-refractivity contribution in [2.45, 2.75) is 24.7 Å². The van der Waals surface area contributed by atoms with Crippen LogP contribution in [0.25, 0.3) is 0 Å². The predicted octanol–water partition coefficient (Wildman–Crippen LogP) is 1.72. The monoisotopic (exact) mass is 348 g/mol. The van der Waals surface area contributed by atoms with Crippen LogP contribution in [0.4, 0.5) is 13.6 Å². The second-order valence-corrected chi connectivity index (χ2v) is 5.58. The average molecular weight is 349 g/mol. The van der Waals surface area contributed by atoms with E-state index < -0.39 is 49.2 Å². The van der Waals surface area contributed by atoms with Crippen molar-refractivity contribution in [3.8, 4) is 0 Å². The number of carboxylic acid groups (broad SMARTS) is 1. The van der Waals surface area contributed by atoms with Crippen molar-refractivity contribution in [1.29, 1.82) is 0 Å². The van der Waals surface area contributed by atoms with Gasteiger partial charge in [-0.1, -0.05) is 23.7 Å². The summed E-state index contributed by atoms with van der Waals surface area (Å²) in [5.74, 6) is -1.59. The second kappa shape index (κ2) is 7.10. The number of aliphatic hydroxyl groups is 1. The van der Waals surface area contributed by atoms with Crippen LogP contribution in [-0.2, 0) is 4.79 Å². The molecule has 0 spiro atoms. The fourth-order valence-corrected chi connectivity index (χ4v) is 2.71. The SMILES string of the molecule is O=C(NC(CO)c1cccc(Cl)c1F)C1CC(F)CN1C(=O)O. The second-order valence-electron chi connectivity index (χ2n) is 5.17. The molecule has 126 valence electrons. The molecule has 23 heavy (non-hydrogen) atoms. The summed E-state index contributed by atoms with van der Waals surface area (Å²) in [7, 11) is 0. The summed E-state index contributed by atoms with van der Waals surface area (Å²) in [6.45, 7) is -1.02. The van der Waals surface area contributed by atoms with E-state index in [1.807, 2.05) is 0 Å². The molecule has 0 aromatic heterocycles. The van der Waals surface area contributed by atoms with Crippen molar-refractivity contribution in [3.05, 3.63) is 34.6 Å². The van der Waals surface area contributed by atoms with Gasteiger partial charge in [0.05, 0.1) is 24.2 Å². The lowest BCUT2D eigenvalue weighted by Gasteiger charge is -2.24. The molecule has 3 unspecified atom stereocenters. The molecule has 6 nitrogen and oxygen atoms in total. The molecule has 0 radical (unpaired) electrons. The normalized spacial score (nSPS) is 22.0. The van der Waals surface area contributed by atoms with E-state index in [0.29, 0.717) is 4.90 Å². The maximum atomic E-state index is 14.0. The largest absolute Gasteiger partial charge is 0.465 e. The Bertz CT molecular complexity index is 616. The van der Waals surface area contributed by atoms with Crippen LogP contribution >= 0.6 is 11.6 Å². The number of amides is 2. The number of aliphatic hydroxyl groups excluding tert-OH is 1. The number of benzene rings is 1. The highest BCUT2D eigenvalue weighted by molar-refractivity contribution is 6.30. The van der Waals surface area contributed by atoms with Gasteiger partial charge in [0.2, 0.25) is 5.91 Å². The maximum Gasteiger partial charge on any atom is 0.408 e. The molecule has 0 aliphatic carbocycles. The van der Waals surface area contributed by atoms with Crippen LogP contribution in [0.3, 0.4) is 0 Å². The third-order valence-electron chi connectivity index (χ3n) is 3.65. The van der Waals surface area contributed by atoms with E-state index in [2.05, 4.69) is 5.32 Å². The standard InChI is InChI=1S/C14H15ClF2N2O4/c15-9-3-1-2-8(12(9)17)10(6-20)18-13(21)11-4-7(16)5-19(11)14(22)23/h1-3,7,10-11,20H,4-6H2,(H,18,21)(H,22,23). The first-order valence-corrected chi connectivity index (χ1v) is 7.21. The van der Waals surface area contributed by atoms with Gasteiger partial charge in [-0.3, -0.25) is 9.69 Å². The van der Waals surface area contributed by atoms with Crippen molar-refractivity contribution >= 4 is 23.6 Å². The summed E-state index contributed by atoms with van der Waals surface area (Å²) in [6.07, 6.45) is -3.15.